The number of ether oxygens (including phenoxy) is 2. The minimum Gasteiger partial charge on any atom is -0.547 e. The Kier molecular flexibility index (Phi) is 11.8. The van der Waals surface area contributed by atoms with E-state index in [0.717, 1.165) is 37.6 Å². The lowest BCUT2D eigenvalue weighted by atomic mass is 9.97. The summed E-state index contributed by atoms with van der Waals surface area (Å²) in [6, 6.07) is 27.5. The van der Waals surface area contributed by atoms with E-state index in [-0.39, 0.29) is 6.04 Å². The highest BCUT2D eigenvalue weighted by atomic mass is 16.6. The number of hydrogen-bond donors (Lipinski definition) is 3. The molecule has 4 rings (SSSR count). The number of carbonyl (C=O) groups excluding carboxylic acids is 1. The van der Waals surface area contributed by atoms with Crippen LogP contribution in [-0.4, -0.2) is 42.6 Å². The minimum atomic E-state index is -1.52. The van der Waals surface area contributed by atoms with E-state index in [4.69, 9.17) is 14.6 Å². The average Bonchev–Trinajstić information content (AvgIpc) is 2.90. The first-order valence-corrected chi connectivity index (χ1v) is 10.7. The van der Waals surface area contributed by atoms with Crippen LogP contribution in [0.25, 0.3) is 0 Å². The van der Waals surface area contributed by atoms with Crippen molar-refractivity contribution in [3.05, 3.63) is 108 Å². The zero-order valence-electron chi connectivity index (χ0n) is 18.5. The largest absolute Gasteiger partial charge is 0.547 e. The summed E-state index contributed by atoms with van der Waals surface area (Å²) >= 11 is 0. The van der Waals surface area contributed by atoms with Gasteiger partial charge in [0.15, 0.2) is 0 Å². The second-order valence-corrected chi connectivity index (χ2v) is 7.23. The topological polar surface area (TPSA) is 127 Å². The fraction of sp³-hybridized carbons (Fsp3) is 0.269. The van der Waals surface area contributed by atoms with E-state index in [1.807, 2.05) is 60.7 Å². The molecule has 0 saturated carbocycles. The Morgan fingerprint density at radius 3 is 1.42 bits per heavy atom. The number of quaternary nitrogens is 1. The van der Waals surface area contributed by atoms with Gasteiger partial charge in [-0.1, -0.05) is 91.0 Å². The molecule has 1 aliphatic heterocycles. The molecule has 1 aliphatic rings. The summed E-state index contributed by atoms with van der Waals surface area (Å²) < 4.78 is 9.89. The summed E-state index contributed by atoms with van der Waals surface area (Å²) in [5.74, 6) is -1.48. The fourth-order valence-corrected chi connectivity index (χ4v) is 2.98. The van der Waals surface area contributed by atoms with Crippen LogP contribution in [0.15, 0.2) is 91.0 Å². The van der Waals surface area contributed by atoms with Gasteiger partial charge in [-0.2, -0.15) is 0 Å². The molecule has 0 radical (unpaired) electrons. The van der Waals surface area contributed by atoms with E-state index in [9.17, 15) is 15.0 Å². The zero-order chi connectivity index (χ0) is 23.9. The van der Waals surface area contributed by atoms with Gasteiger partial charge in [-0.15, -0.1) is 0 Å². The zero-order valence-corrected chi connectivity index (χ0v) is 18.5. The first-order chi connectivity index (χ1) is 16.0. The number of carboxylic acid groups (broad SMARTS) is 1. The lowest BCUT2D eigenvalue weighted by Crippen LogP contribution is -2.56. The lowest BCUT2D eigenvalue weighted by Gasteiger charge is -2.16. The molecule has 0 spiro atoms. The van der Waals surface area contributed by atoms with Gasteiger partial charge in [0.1, 0.15) is 18.2 Å². The summed E-state index contributed by atoms with van der Waals surface area (Å²) in [6.07, 6.45) is -2.07. The monoisotopic (exact) mass is 453 g/mol. The van der Waals surface area contributed by atoms with Crippen LogP contribution in [0.5, 0.6) is 0 Å². The molecule has 3 aromatic carbocycles. The van der Waals surface area contributed by atoms with Crippen LogP contribution in [0.2, 0.25) is 0 Å². The summed E-state index contributed by atoms with van der Waals surface area (Å²) in [6.45, 7) is 3.11. The first kappa shape index (κ1) is 26.2. The van der Waals surface area contributed by atoms with Crippen molar-refractivity contribution in [1.29, 1.82) is 0 Å². The summed E-state index contributed by atoms with van der Waals surface area (Å²) in [5.41, 5.74) is 6.34. The van der Waals surface area contributed by atoms with Gasteiger partial charge in [0.2, 0.25) is 0 Å². The Morgan fingerprint density at radius 2 is 1.06 bits per heavy atom. The van der Waals surface area contributed by atoms with Crippen molar-refractivity contribution in [1.82, 2.24) is 0 Å². The second kappa shape index (κ2) is 14.9. The van der Waals surface area contributed by atoms with Gasteiger partial charge in [-0.05, 0) is 11.1 Å². The van der Waals surface area contributed by atoms with Gasteiger partial charge in [0.05, 0.1) is 32.4 Å². The van der Waals surface area contributed by atoms with Crippen molar-refractivity contribution in [2.45, 2.75) is 18.2 Å². The van der Waals surface area contributed by atoms with E-state index in [0.29, 0.717) is 5.56 Å². The summed E-state index contributed by atoms with van der Waals surface area (Å²) in [4.78, 5) is 10.1. The molecule has 7 heteroatoms. The van der Waals surface area contributed by atoms with Crippen LogP contribution in [0.4, 0.5) is 0 Å². The summed E-state index contributed by atoms with van der Waals surface area (Å²) in [7, 11) is 0. The Hall–Kier alpha value is -3.07. The van der Waals surface area contributed by atoms with Gasteiger partial charge >= 0.3 is 0 Å². The molecule has 0 aliphatic carbocycles. The molecule has 176 valence electrons. The molecule has 5 N–H and O–H groups in total. The number of carboxylic acids is 1. The first-order valence-electron chi connectivity index (χ1n) is 10.7. The van der Waals surface area contributed by atoms with E-state index >= 15 is 0 Å². The molecule has 1 heterocycles. The maximum absolute atomic E-state index is 10.2. The molecule has 0 unspecified atom stereocenters. The van der Waals surface area contributed by atoms with E-state index in [1.54, 1.807) is 18.2 Å². The molecule has 1 fully saturated rings. The second-order valence-electron chi connectivity index (χ2n) is 7.23. The van der Waals surface area contributed by atoms with Crippen LogP contribution < -0.4 is 10.8 Å². The molecule has 3 aromatic rings. The number of carbonyl (C=O) groups is 1. The Bertz CT molecular complexity index is 849. The molecule has 33 heavy (non-hydrogen) atoms. The van der Waals surface area contributed by atoms with Gasteiger partial charge in [0, 0.05) is 5.56 Å². The Balaban J connectivity index is 0.000000195. The van der Waals surface area contributed by atoms with E-state index < -0.39 is 18.2 Å². The Morgan fingerprint density at radius 1 is 0.697 bits per heavy atom. The maximum atomic E-state index is 10.2. The SMILES string of the molecule is C1COCCO1.O=C([O-])[C@H](O)c1ccccc1.[NH3+][C@@H](c1ccccc1)[C@H](O)c1ccccc1. The smallest absolute Gasteiger partial charge is 0.140 e. The maximum Gasteiger partial charge on any atom is 0.140 e. The molecular formula is C26H31NO6. The highest BCUT2D eigenvalue weighted by Gasteiger charge is 2.21. The molecule has 0 amide bonds. The average molecular weight is 454 g/mol. The molecule has 0 bridgehead atoms. The predicted molar refractivity (Wildman–Crippen MR) is 122 cm³/mol. The van der Waals surface area contributed by atoms with Crippen molar-refractivity contribution >= 4 is 5.97 Å². The molecule has 1 saturated heterocycles. The molecule has 7 nitrogen and oxygen atoms in total. The number of aliphatic hydroxyl groups excluding tert-OH is 2. The lowest BCUT2D eigenvalue weighted by molar-refractivity contribution is -0.446. The van der Waals surface area contributed by atoms with Crippen molar-refractivity contribution < 1.29 is 35.3 Å². The minimum absolute atomic E-state index is 0.136. The number of rotatable bonds is 5. The van der Waals surface area contributed by atoms with Crippen molar-refractivity contribution in [2.75, 3.05) is 26.4 Å². The number of hydrogen-bond acceptors (Lipinski definition) is 6. The third-order valence-electron chi connectivity index (χ3n) is 4.83. The summed E-state index contributed by atoms with van der Waals surface area (Å²) in [5, 5.41) is 29.3. The van der Waals surface area contributed by atoms with Gasteiger partial charge < -0.3 is 35.3 Å². The van der Waals surface area contributed by atoms with E-state index in [2.05, 4.69) is 5.73 Å². The van der Waals surface area contributed by atoms with Gasteiger partial charge in [-0.3, -0.25) is 0 Å². The van der Waals surface area contributed by atoms with Crippen molar-refractivity contribution in [3.63, 3.8) is 0 Å². The Labute approximate surface area is 194 Å². The number of aliphatic carboxylic acids is 1. The number of aliphatic hydroxyl groups is 2. The standard InChI is InChI=1S/C14H15NO.C8H8O3.C4H8O2/c15-13(11-7-3-1-4-8-11)14(16)12-9-5-2-6-10-12;9-7(8(10)11)6-4-2-1-3-5-6;1-2-6-4-3-5-1/h1-10,13-14,16H,15H2;1-5,7,9H,(H,10,11);1-4H2/t13-,14+;7-;/m01./s1. The highest BCUT2D eigenvalue weighted by Crippen LogP contribution is 2.24. The van der Waals surface area contributed by atoms with Crippen LogP contribution in [0, 0.1) is 0 Å². The van der Waals surface area contributed by atoms with Crippen molar-refractivity contribution in [2.24, 2.45) is 0 Å². The molecule has 3 atom stereocenters. The van der Waals surface area contributed by atoms with Crippen LogP contribution in [0.3, 0.4) is 0 Å². The van der Waals surface area contributed by atoms with Crippen LogP contribution >= 0.6 is 0 Å². The molecule has 0 aromatic heterocycles. The van der Waals surface area contributed by atoms with Gasteiger partial charge in [0.25, 0.3) is 0 Å². The van der Waals surface area contributed by atoms with E-state index in [1.165, 1.54) is 12.1 Å². The molecular weight excluding hydrogens is 422 g/mol. The third kappa shape index (κ3) is 9.53. The van der Waals surface area contributed by atoms with Gasteiger partial charge in [-0.25, -0.2) is 0 Å². The van der Waals surface area contributed by atoms with Crippen molar-refractivity contribution in [3.8, 4) is 0 Å². The predicted octanol–water partition coefficient (Wildman–Crippen LogP) is 1.21. The quantitative estimate of drug-likeness (QED) is 0.533. The van der Waals surface area contributed by atoms with Crippen LogP contribution in [-0.2, 0) is 14.3 Å². The van der Waals surface area contributed by atoms with Crippen LogP contribution in [0.1, 0.15) is 34.9 Å². The fourth-order valence-electron chi connectivity index (χ4n) is 2.98. The normalized spacial score (nSPS) is 15.5. The number of benzene rings is 3. The third-order valence-corrected chi connectivity index (χ3v) is 4.83. The highest BCUT2D eigenvalue weighted by molar-refractivity contribution is 5.71.